The number of nitrogens with zero attached hydrogens (tertiary/aromatic N) is 2. The van der Waals surface area contributed by atoms with Gasteiger partial charge in [-0.2, -0.15) is 0 Å². The third-order valence-corrected chi connectivity index (χ3v) is 6.95. The number of fused-ring (bicyclic) bond motifs is 1. The summed E-state index contributed by atoms with van der Waals surface area (Å²) >= 11 is 1.28. The fourth-order valence-corrected chi connectivity index (χ4v) is 5.26. The molecular formula is C24H27N3O4S. The number of para-hydroxylation sites is 1. The number of piperidine rings is 1. The molecule has 0 spiro atoms. The molecule has 0 bridgehead atoms. The number of carbonyl (C=O) groups excluding carboxylic acids is 3. The highest BCUT2D eigenvalue weighted by atomic mass is 32.2. The summed E-state index contributed by atoms with van der Waals surface area (Å²) in [5, 5.41) is 1.98. The molecule has 1 saturated heterocycles. The Morgan fingerprint density at radius 3 is 2.62 bits per heavy atom. The summed E-state index contributed by atoms with van der Waals surface area (Å²) < 4.78 is 5.34. The highest BCUT2D eigenvalue weighted by Crippen LogP contribution is 2.40. The van der Waals surface area contributed by atoms with Crippen LogP contribution in [0.3, 0.4) is 0 Å². The third-order valence-electron chi connectivity index (χ3n) is 5.71. The van der Waals surface area contributed by atoms with E-state index in [4.69, 9.17) is 4.74 Å². The molecule has 2 aromatic rings. The maximum atomic E-state index is 13.4. The van der Waals surface area contributed by atoms with Crippen LogP contribution in [0.4, 0.5) is 11.4 Å². The Labute approximate surface area is 192 Å². The SMILES string of the molecule is COc1ccc(C)cc1NC(=O)CN1C(=O)[C@H](C(=O)N2CCCCC2)Sc2ccccc21. The lowest BCUT2D eigenvalue weighted by Gasteiger charge is -2.36. The van der Waals surface area contributed by atoms with Crippen LogP contribution in [-0.2, 0) is 14.4 Å². The van der Waals surface area contributed by atoms with Crippen molar-refractivity contribution in [3.63, 3.8) is 0 Å². The summed E-state index contributed by atoms with van der Waals surface area (Å²) in [7, 11) is 1.54. The van der Waals surface area contributed by atoms with Crippen LogP contribution in [0.25, 0.3) is 0 Å². The van der Waals surface area contributed by atoms with Gasteiger partial charge in [-0.1, -0.05) is 18.2 Å². The first-order valence-corrected chi connectivity index (χ1v) is 11.7. The Hall–Kier alpha value is -3.00. The standard InChI is InChI=1S/C24H27N3O4S/c1-16-10-11-19(31-2)17(14-16)25-21(28)15-27-18-8-4-5-9-20(18)32-22(24(27)30)23(29)26-12-6-3-7-13-26/h4-5,8-11,14,22H,3,6-7,12-13,15H2,1-2H3,(H,25,28)/t22-/m0/s1. The summed E-state index contributed by atoms with van der Waals surface area (Å²) in [6.07, 6.45) is 3.02. The predicted octanol–water partition coefficient (Wildman–Crippen LogP) is 3.46. The molecule has 2 aliphatic heterocycles. The van der Waals surface area contributed by atoms with E-state index in [9.17, 15) is 14.4 Å². The van der Waals surface area contributed by atoms with Gasteiger partial charge < -0.3 is 19.9 Å². The molecule has 2 heterocycles. The number of anilines is 2. The van der Waals surface area contributed by atoms with Crippen LogP contribution in [0.1, 0.15) is 24.8 Å². The molecule has 0 saturated carbocycles. The first kappa shape index (κ1) is 22.2. The number of hydrogen-bond acceptors (Lipinski definition) is 5. The van der Waals surface area contributed by atoms with E-state index in [-0.39, 0.29) is 24.3 Å². The van der Waals surface area contributed by atoms with Crippen molar-refractivity contribution >= 4 is 40.9 Å². The average Bonchev–Trinajstić information content (AvgIpc) is 2.81. The number of methoxy groups -OCH3 is 1. The zero-order chi connectivity index (χ0) is 22.7. The Balaban J connectivity index is 1.56. The number of hydrogen-bond donors (Lipinski definition) is 1. The maximum Gasteiger partial charge on any atom is 0.250 e. The third kappa shape index (κ3) is 4.60. The number of likely N-dealkylation sites (tertiary alicyclic amines) is 1. The zero-order valence-corrected chi connectivity index (χ0v) is 19.1. The molecule has 0 unspecified atom stereocenters. The van der Waals surface area contributed by atoms with Crippen LogP contribution >= 0.6 is 11.8 Å². The second-order valence-corrected chi connectivity index (χ2v) is 9.17. The van der Waals surface area contributed by atoms with Crippen LogP contribution in [0, 0.1) is 6.92 Å². The quantitative estimate of drug-likeness (QED) is 0.702. The van der Waals surface area contributed by atoms with E-state index in [2.05, 4.69) is 5.32 Å². The molecular weight excluding hydrogens is 426 g/mol. The van der Waals surface area contributed by atoms with Crippen molar-refractivity contribution in [3.05, 3.63) is 48.0 Å². The second kappa shape index (κ2) is 9.65. The minimum absolute atomic E-state index is 0.167. The van der Waals surface area contributed by atoms with Crippen molar-refractivity contribution in [2.45, 2.75) is 36.3 Å². The first-order chi connectivity index (χ1) is 15.5. The summed E-state index contributed by atoms with van der Waals surface area (Å²) in [5.74, 6) is -0.327. The van der Waals surface area contributed by atoms with Gasteiger partial charge in [0.15, 0.2) is 5.25 Å². The van der Waals surface area contributed by atoms with Gasteiger partial charge in [-0.3, -0.25) is 14.4 Å². The molecule has 2 aliphatic rings. The van der Waals surface area contributed by atoms with Crippen LogP contribution in [0.2, 0.25) is 0 Å². The van der Waals surface area contributed by atoms with Crippen molar-refractivity contribution in [2.75, 3.05) is 37.0 Å². The van der Waals surface area contributed by atoms with Gasteiger partial charge in [0.2, 0.25) is 11.8 Å². The number of thioether (sulfide) groups is 1. The van der Waals surface area contributed by atoms with Gasteiger partial charge >= 0.3 is 0 Å². The molecule has 3 amide bonds. The van der Waals surface area contributed by atoms with Gasteiger partial charge in [0.25, 0.3) is 5.91 Å². The average molecular weight is 454 g/mol. The lowest BCUT2D eigenvalue weighted by molar-refractivity contribution is -0.135. The van der Waals surface area contributed by atoms with Gasteiger partial charge in [-0.25, -0.2) is 0 Å². The Bertz CT molecular complexity index is 1040. The fourth-order valence-electron chi connectivity index (χ4n) is 4.07. The minimum atomic E-state index is -0.871. The maximum absolute atomic E-state index is 13.4. The number of carbonyl (C=O) groups is 3. The van der Waals surface area contributed by atoms with E-state index in [0.717, 1.165) is 29.7 Å². The van der Waals surface area contributed by atoms with E-state index < -0.39 is 5.25 Å². The molecule has 168 valence electrons. The zero-order valence-electron chi connectivity index (χ0n) is 18.3. The minimum Gasteiger partial charge on any atom is -0.495 e. The lowest BCUT2D eigenvalue weighted by atomic mass is 10.1. The van der Waals surface area contributed by atoms with E-state index in [1.54, 1.807) is 18.1 Å². The molecule has 1 N–H and O–H groups in total. The van der Waals surface area contributed by atoms with E-state index in [1.807, 2.05) is 43.3 Å². The van der Waals surface area contributed by atoms with Gasteiger partial charge in [0.1, 0.15) is 12.3 Å². The van der Waals surface area contributed by atoms with Crippen molar-refractivity contribution < 1.29 is 19.1 Å². The fraction of sp³-hybridized carbons (Fsp3) is 0.375. The monoisotopic (exact) mass is 453 g/mol. The number of benzene rings is 2. The molecule has 0 radical (unpaired) electrons. The molecule has 8 heteroatoms. The van der Waals surface area contributed by atoms with Gasteiger partial charge in [0, 0.05) is 18.0 Å². The van der Waals surface area contributed by atoms with Crippen LogP contribution in [0.5, 0.6) is 5.75 Å². The van der Waals surface area contributed by atoms with E-state index >= 15 is 0 Å². The summed E-state index contributed by atoms with van der Waals surface area (Å²) in [6.45, 7) is 3.10. The van der Waals surface area contributed by atoms with Crippen molar-refractivity contribution in [3.8, 4) is 5.75 Å². The number of amides is 3. The normalized spacial score (nSPS) is 18.2. The van der Waals surface area contributed by atoms with Crippen LogP contribution in [-0.4, -0.2) is 54.6 Å². The van der Waals surface area contributed by atoms with Crippen molar-refractivity contribution in [1.29, 1.82) is 0 Å². The molecule has 0 aromatic heterocycles. The number of nitrogens with one attached hydrogen (secondary N) is 1. The van der Waals surface area contributed by atoms with Crippen molar-refractivity contribution in [2.24, 2.45) is 0 Å². The number of rotatable bonds is 5. The number of aryl methyl sites for hydroxylation is 1. The molecule has 4 rings (SSSR count). The molecule has 7 nitrogen and oxygen atoms in total. The molecule has 1 fully saturated rings. The van der Waals surface area contributed by atoms with E-state index in [0.29, 0.717) is 30.2 Å². The number of ether oxygens (including phenoxy) is 1. The molecule has 32 heavy (non-hydrogen) atoms. The van der Waals surface area contributed by atoms with Crippen LogP contribution < -0.4 is 15.0 Å². The Morgan fingerprint density at radius 1 is 1.12 bits per heavy atom. The van der Waals surface area contributed by atoms with Crippen molar-refractivity contribution in [1.82, 2.24) is 4.90 Å². The van der Waals surface area contributed by atoms with Crippen LogP contribution in [0.15, 0.2) is 47.4 Å². The molecule has 1 atom stereocenters. The van der Waals surface area contributed by atoms with Gasteiger partial charge in [-0.15, -0.1) is 11.8 Å². The van der Waals surface area contributed by atoms with Gasteiger partial charge in [-0.05, 0) is 56.0 Å². The van der Waals surface area contributed by atoms with Gasteiger partial charge in [0.05, 0.1) is 18.5 Å². The summed E-state index contributed by atoms with van der Waals surface area (Å²) in [5.41, 5.74) is 2.17. The lowest BCUT2D eigenvalue weighted by Crippen LogP contribution is -2.52. The van der Waals surface area contributed by atoms with E-state index in [1.165, 1.54) is 16.7 Å². The summed E-state index contributed by atoms with van der Waals surface area (Å²) in [6, 6.07) is 12.9. The molecule has 0 aliphatic carbocycles. The summed E-state index contributed by atoms with van der Waals surface area (Å²) in [4.78, 5) is 43.5. The highest BCUT2D eigenvalue weighted by Gasteiger charge is 2.41. The Morgan fingerprint density at radius 2 is 1.88 bits per heavy atom. The smallest absolute Gasteiger partial charge is 0.250 e. The second-order valence-electron chi connectivity index (χ2n) is 8.03. The largest absolute Gasteiger partial charge is 0.495 e. The first-order valence-electron chi connectivity index (χ1n) is 10.8. The highest BCUT2D eigenvalue weighted by molar-refractivity contribution is 8.01. The molecule has 2 aromatic carbocycles. The topological polar surface area (TPSA) is 79.0 Å². The Kier molecular flexibility index (Phi) is 6.69. The predicted molar refractivity (Wildman–Crippen MR) is 125 cm³/mol.